The molecule has 0 N–H and O–H groups in total. The second-order valence-electron chi connectivity index (χ2n) is 7.14. The third-order valence-electron chi connectivity index (χ3n) is 5.34. The third-order valence-corrected chi connectivity index (χ3v) is 5.34. The SMILES string of the molecule is COc1ccc(-c2noc([C@@H]3CCCN3C(=O)c3ccc(C)c(C)c3)n2)cc1. The van der Waals surface area contributed by atoms with Crippen molar-refractivity contribution in [2.24, 2.45) is 0 Å². The Morgan fingerprint density at radius 2 is 1.93 bits per heavy atom. The summed E-state index contributed by atoms with van der Waals surface area (Å²) in [7, 11) is 1.63. The van der Waals surface area contributed by atoms with E-state index in [-0.39, 0.29) is 11.9 Å². The molecule has 0 spiro atoms. The van der Waals surface area contributed by atoms with Crippen LogP contribution in [0.4, 0.5) is 0 Å². The lowest BCUT2D eigenvalue weighted by Gasteiger charge is -2.22. The number of likely N-dealkylation sites (tertiary alicyclic amines) is 1. The van der Waals surface area contributed by atoms with E-state index in [9.17, 15) is 4.79 Å². The Kier molecular flexibility index (Phi) is 4.86. The molecule has 28 heavy (non-hydrogen) atoms. The molecule has 1 aliphatic heterocycles. The maximum atomic E-state index is 13.1. The first-order valence-corrected chi connectivity index (χ1v) is 9.43. The molecule has 4 rings (SSSR count). The Labute approximate surface area is 164 Å². The summed E-state index contributed by atoms with van der Waals surface area (Å²) in [5, 5.41) is 4.11. The lowest BCUT2D eigenvalue weighted by molar-refractivity contribution is 0.0710. The average molecular weight is 377 g/mol. The molecule has 1 saturated heterocycles. The van der Waals surface area contributed by atoms with Crippen molar-refractivity contribution < 1.29 is 14.1 Å². The summed E-state index contributed by atoms with van der Waals surface area (Å²) in [5.74, 6) is 1.78. The van der Waals surface area contributed by atoms with Crippen molar-refractivity contribution in [2.45, 2.75) is 32.7 Å². The van der Waals surface area contributed by atoms with Gasteiger partial charge in [-0.15, -0.1) is 0 Å². The molecule has 1 aromatic heterocycles. The number of carbonyl (C=O) groups excluding carboxylic acids is 1. The number of carbonyl (C=O) groups is 1. The van der Waals surface area contributed by atoms with Gasteiger partial charge in [0.15, 0.2) is 0 Å². The lowest BCUT2D eigenvalue weighted by atomic mass is 10.1. The molecule has 0 bridgehead atoms. The number of hydrogen-bond acceptors (Lipinski definition) is 5. The van der Waals surface area contributed by atoms with E-state index < -0.39 is 0 Å². The Bertz CT molecular complexity index is 995. The number of amides is 1. The third kappa shape index (κ3) is 3.38. The Morgan fingerprint density at radius 1 is 1.14 bits per heavy atom. The second-order valence-corrected chi connectivity index (χ2v) is 7.14. The highest BCUT2D eigenvalue weighted by Crippen LogP contribution is 2.33. The molecule has 3 aromatic rings. The number of aromatic nitrogens is 2. The summed E-state index contributed by atoms with van der Waals surface area (Å²) < 4.78 is 10.7. The molecule has 1 aliphatic rings. The van der Waals surface area contributed by atoms with E-state index in [1.54, 1.807) is 7.11 Å². The van der Waals surface area contributed by atoms with Crippen molar-refractivity contribution in [2.75, 3.05) is 13.7 Å². The van der Waals surface area contributed by atoms with Crippen LogP contribution in [-0.2, 0) is 0 Å². The molecular formula is C22H23N3O3. The van der Waals surface area contributed by atoms with Crippen LogP contribution in [0.1, 0.15) is 46.3 Å². The van der Waals surface area contributed by atoms with Gasteiger partial charge in [-0.2, -0.15) is 4.98 Å². The summed E-state index contributed by atoms with van der Waals surface area (Å²) >= 11 is 0. The van der Waals surface area contributed by atoms with Gasteiger partial charge in [0.2, 0.25) is 11.7 Å². The van der Waals surface area contributed by atoms with Crippen LogP contribution in [0.5, 0.6) is 5.75 Å². The summed E-state index contributed by atoms with van der Waals surface area (Å²) in [5.41, 5.74) is 3.84. The quantitative estimate of drug-likeness (QED) is 0.676. The van der Waals surface area contributed by atoms with Gasteiger partial charge in [-0.3, -0.25) is 4.79 Å². The number of hydrogen-bond donors (Lipinski definition) is 0. The molecule has 2 heterocycles. The van der Waals surface area contributed by atoms with E-state index in [2.05, 4.69) is 10.1 Å². The molecule has 6 nitrogen and oxygen atoms in total. The van der Waals surface area contributed by atoms with Crippen LogP contribution in [0.15, 0.2) is 47.0 Å². The van der Waals surface area contributed by atoms with E-state index in [0.717, 1.165) is 29.7 Å². The first-order valence-electron chi connectivity index (χ1n) is 9.43. The molecule has 1 amide bonds. The first-order chi connectivity index (χ1) is 13.6. The zero-order chi connectivity index (χ0) is 19.7. The van der Waals surface area contributed by atoms with Gasteiger partial charge in [-0.25, -0.2) is 0 Å². The van der Waals surface area contributed by atoms with Gasteiger partial charge in [0.25, 0.3) is 5.91 Å². The van der Waals surface area contributed by atoms with Gasteiger partial charge in [0.1, 0.15) is 11.8 Å². The van der Waals surface area contributed by atoms with Gasteiger partial charge in [-0.1, -0.05) is 11.2 Å². The molecule has 6 heteroatoms. The average Bonchev–Trinajstić information content (AvgIpc) is 3.39. The van der Waals surface area contributed by atoms with Gasteiger partial charge >= 0.3 is 0 Å². The molecule has 0 saturated carbocycles. The van der Waals surface area contributed by atoms with Crippen LogP contribution < -0.4 is 4.74 Å². The normalized spacial score (nSPS) is 16.4. The fourth-order valence-electron chi connectivity index (χ4n) is 3.53. The van der Waals surface area contributed by atoms with E-state index in [1.807, 2.05) is 61.2 Å². The Balaban J connectivity index is 1.57. The highest BCUT2D eigenvalue weighted by atomic mass is 16.5. The fraction of sp³-hybridized carbons (Fsp3) is 0.318. The number of nitrogens with zero attached hydrogens (tertiary/aromatic N) is 3. The molecule has 0 unspecified atom stereocenters. The van der Waals surface area contributed by atoms with E-state index in [4.69, 9.17) is 9.26 Å². The van der Waals surface area contributed by atoms with Crippen LogP contribution >= 0.6 is 0 Å². The summed E-state index contributed by atoms with van der Waals surface area (Å²) in [6.45, 7) is 4.75. The molecule has 144 valence electrons. The van der Waals surface area contributed by atoms with Crippen molar-refractivity contribution in [1.29, 1.82) is 0 Å². The van der Waals surface area contributed by atoms with Gasteiger partial charge in [0.05, 0.1) is 7.11 Å². The van der Waals surface area contributed by atoms with E-state index in [0.29, 0.717) is 23.8 Å². The monoisotopic (exact) mass is 377 g/mol. The predicted molar refractivity (Wildman–Crippen MR) is 105 cm³/mol. The number of methoxy groups -OCH3 is 1. The fourth-order valence-corrected chi connectivity index (χ4v) is 3.53. The van der Waals surface area contributed by atoms with Crippen LogP contribution in [0.25, 0.3) is 11.4 Å². The summed E-state index contributed by atoms with van der Waals surface area (Å²) in [6, 6.07) is 13.1. The zero-order valence-corrected chi connectivity index (χ0v) is 16.3. The smallest absolute Gasteiger partial charge is 0.254 e. The Morgan fingerprint density at radius 3 is 2.64 bits per heavy atom. The number of rotatable bonds is 4. The molecule has 0 radical (unpaired) electrons. The highest BCUT2D eigenvalue weighted by molar-refractivity contribution is 5.95. The van der Waals surface area contributed by atoms with Crippen LogP contribution in [0.3, 0.4) is 0 Å². The Hall–Kier alpha value is -3.15. The minimum Gasteiger partial charge on any atom is -0.497 e. The number of aryl methyl sites for hydroxylation is 2. The summed E-state index contributed by atoms with van der Waals surface area (Å²) in [4.78, 5) is 19.5. The van der Waals surface area contributed by atoms with Crippen molar-refractivity contribution in [3.63, 3.8) is 0 Å². The highest BCUT2D eigenvalue weighted by Gasteiger charge is 2.34. The zero-order valence-electron chi connectivity index (χ0n) is 16.3. The van der Waals surface area contributed by atoms with Crippen molar-refractivity contribution in [1.82, 2.24) is 15.0 Å². The molecule has 1 atom stereocenters. The largest absolute Gasteiger partial charge is 0.497 e. The molecular weight excluding hydrogens is 354 g/mol. The lowest BCUT2D eigenvalue weighted by Crippen LogP contribution is -2.30. The van der Waals surface area contributed by atoms with Crippen LogP contribution in [0, 0.1) is 13.8 Å². The number of ether oxygens (including phenoxy) is 1. The van der Waals surface area contributed by atoms with E-state index in [1.165, 1.54) is 5.56 Å². The van der Waals surface area contributed by atoms with Crippen LogP contribution in [-0.4, -0.2) is 34.6 Å². The van der Waals surface area contributed by atoms with Gasteiger partial charge < -0.3 is 14.2 Å². The minimum absolute atomic E-state index is 0.00907. The second kappa shape index (κ2) is 7.46. The minimum atomic E-state index is -0.186. The molecule has 2 aromatic carbocycles. The van der Waals surface area contributed by atoms with Crippen molar-refractivity contribution in [3.8, 4) is 17.1 Å². The molecule has 0 aliphatic carbocycles. The van der Waals surface area contributed by atoms with Crippen molar-refractivity contribution >= 4 is 5.91 Å². The van der Waals surface area contributed by atoms with Crippen molar-refractivity contribution in [3.05, 3.63) is 65.0 Å². The standard InChI is InChI=1S/C22H23N3O3/c1-14-6-7-17(13-15(14)2)22(26)25-12-4-5-19(25)21-23-20(24-28-21)16-8-10-18(27-3)11-9-16/h6-11,13,19H,4-5,12H2,1-3H3/t19-/m0/s1. The maximum Gasteiger partial charge on any atom is 0.254 e. The van der Waals surface area contributed by atoms with Gasteiger partial charge in [-0.05, 0) is 74.2 Å². The first kappa shape index (κ1) is 18.2. The summed E-state index contributed by atoms with van der Waals surface area (Å²) in [6.07, 6.45) is 1.74. The number of benzene rings is 2. The van der Waals surface area contributed by atoms with Gasteiger partial charge in [0, 0.05) is 17.7 Å². The molecule has 1 fully saturated rings. The van der Waals surface area contributed by atoms with Crippen LogP contribution in [0.2, 0.25) is 0 Å². The maximum absolute atomic E-state index is 13.1. The van der Waals surface area contributed by atoms with E-state index >= 15 is 0 Å². The topological polar surface area (TPSA) is 68.5 Å². The predicted octanol–water partition coefficient (Wildman–Crippen LogP) is 4.34.